The van der Waals surface area contributed by atoms with Gasteiger partial charge in [0.2, 0.25) is 23.6 Å². The van der Waals surface area contributed by atoms with E-state index in [2.05, 4.69) is 36.5 Å². The number of fused-ring (bicyclic) bond motifs is 4. The van der Waals surface area contributed by atoms with Gasteiger partial charge in [0, 0.05) is 125 Å². The quantitative estimate of drug-likeness (QED) is 0.0139. The van der Waals surface area contributed by atoms with Gasteiger partial charge in [-0.05, 0) is 110 Å². The minimum absolute atomic E-state index is 0.00454. The second-order valence-electron chi connectivity index (χ2n) is 24.7. The molecule has 0 radical (unpaired) electrons. The Hall–Kier alpha value is -8.91. The number of aromatic nitrogens is 1. The van der Waals surface area contributed by atoms with Gasteiger partial charge in [0.05, 0.1) is 63.2 Å². The number of benzene rings is 3. The topological polar surface area (TPSA) is 353 Å². The molecule has 3 aliphatic rings. The van der Waals surface area contributed by atoms with Crippen molar-refractivity contribution in [2.75, 3.05) is 149 Å². The maximum absolute atomic E-state index is 14.5. The van der Waals surface area contributed by atoms with Crippen LogP contribution in [0.4, 0.5) is 25.8 Å². The van der Waals surface area contributed by atoms with Crippen molar-refractivity contribution in [2.45, 2.75) is 83.9 Å². The van der Waals surface area contributed by atoms with Crippen molar-refractivity contribution in [3.8, 4) is 11.5 Å². The molecular weight excluding hydrogens is 1340 g/mol. The Morgan fingerprint density at radius 1 is 0.750 bits per heavy atom. The molecule has 0 unspecified atom stereocenters. The maximum atomic E-state index is 14.5. The van der Waals surface area contributed by atoms with Gasteiger partial charge in [0.15, 0.2) is 5.75 Å². The number of nitrogens with two attached hydrogens (primary N) is 1. The molecule has 29 nitrogen and oxygen atoms in total. The third-order valence-corrected chi connectivity index (χ3v) is 18.4. The fourth-order valence-corrected chi connectivity index (χ4v) is 12.6. The highest BCUT2D eigenvalue weighted by molar-refractivity contribution is 7.17. The Bertz CT molecular complexity index is 3670. The number of amides is 11. The molecule has 3 aliphatic heterocycles. The highest BCUT2D eigenvalue weighted by atomic mass is 35.5. The minimum Gasteiger partial charge on any atom is -0.492 e. The summed E-state index contributed by atoms with van der Waals surface area (Å²) in [6.07, 6.45) is 3.72. The smallest absolute Gasteiger partial charge is 0.415 e. The number of aromatic amines is 1. The third-order valence-electron chi connectivity index (χ3n) is 16.9. The van der Waals surface area contributed by atoms with Crippen LogP contribution in [0.15, 0.2) is 72.1 Å². The van der Waals surface area contributed by atoms with Gasteiger partial charge in [0.1, 0.15) is 36.7 Å². The summed E-state index contributed by atoms with van der Waals surface area (Å²) in [6.45, 7) is 11.8. The Morgan fingerprint density at radius 3 is 2.09 bits per heavy atom. The molecular formula is C69H91ClN12O17S. The van der Waals surface area contributed by atoms with E-state index >= 15 is 0 Å². The molecule has 0 spiro atoms. The number of nitrogens with zero attached hydrogens (tertiary/aromatic N) is 5. The highest BCUT2D eigenvalue weighted by Crippen LogP contribution is 2.49. The predicted octanol–water partition coefficient (Wildman–Crippen LogP) is 5.75. The molecule has 1 saturated heterocycles. The average Bonchev–Trinajstić information content (AvgIpc) is 1.58. The van der Waals surface area contributed by atoms with E-state index in [1.165, 1.54) is 53.2 Å². The van der Waals surface area contributed by atoms with Crippen molar-refractivity contribution in [1.82, 2.24) is 45.9 Å². The average molecular weight is 1430 g/mol. The third kappa shape index (κ3) is 22.6. The van der Waals surface area contributed by atoms with Gasteiger partial charge in [-0.15, -0.1) is 22.9 Å². The fourth-order valence-electron chi connectivity index (χ4n) is 11.4. The van der Waals surface area contributed by atoms with Crippen LogP contribution in [0.25, 0.3) is 21.0 Å². The number of likely N-dealkylation sites (tertiary alicyclic amines) is 1. The van der Waals surface area contributed by atoms with Crippen LogP contribution in [0.1, 0.15) is 85.5 Å². The number of thiophene rings is 1. The van der Waals surface area contributed by atoms with E-state index < -0.39 is 59.8 Å². The van der Waals surface area contributed by atoms with Crippen LogP contribution in [0.2, 0.25) is 0 Å². The van der Waals surface area contributed by atoms with Gasteiger partial charge in [-0.1, -0.05) is 26.0 Å². The molecule has 542 valence electrons. The molecule has 3 atom stereocenters. The Kier molecular flexibility index (Phi) is 29.7. The van der Waals surface area contributed by atoms with Gasteiger partial charge < -0.3 is 85.2 Å². The van der Waals surface area contributed by atoms with Crippen molar-refractivity contribution in [3.05, 3.63) is 94.5 Å². The van der Waals surface area contributed by atoms with Gasteiger partial charge in [-0.3, -0.25) is 43.4 Å². The van der Waals surface area contributed by atoms with Crippen molar-refractivity contribution in [1.29, 1.82) is 0 Å². The number of likely N-dealkylation sites (N-methyl/N-ethyl adjacent to an activating group) is 2. The lowest BCUT2D eigenvalue weighted by Gasteiger charge is -2.25. The van der Waals surface area contributed by atoms with Gasteiger partial charge in [0.25, 0.3) is 17.7 Å². The number of urea groups is 1. The maximum Gasteiger partial charge on any atom is 0.415 e. The fraction of sp³-hybridized carbons (Fsp3) is 0.507. The lowest BCUT2D eigenvalue weighted by atomic mass is 9.97. The number of rotatable bonds is 40. The molecule has 3 aromatic carbocycles. The molecule has 100 heavy (non-hydrogen) atoms. The first-order valence-electron chi connectivity index (χ1n) is 33.5. The van der Waals surface area contributed by atoms with Crippen LogP contribution in [-0.2, 0) is 59.1 Å². The van der Waals surface area contributed by atoms with Crippen LogP contribution in [0, 0.1) is 12.8 Å². The lowest BCUT2D eigenvalue weighted by Crippen LogP contribution is -2.54. The molecule has 8 rings (SSSR count). The van der Waals surface area contributed by atoms with Crippen LogP contribution < -0.4 is 46.7 Å². The van der Waals surface area contributed by atoms with E-state index in [0.29, 0.717) is 55.6 Å². The summed E-state index contributed by atoms with van der Waals surface area (Å²) in [6, 6.07) is 13.0. The van der Waals surface area contributed by atoms with E-state index in [9.17, 15) is 47.9 Å². The van der Waals surface area contributed by atoms with Crippen molar-refractivity contribution >= 4 is 115 Å². The number of halogens is 1. The first-order valence-corrected chi connectivity index (χ1v) is 34.9. The van der Waals surface area contributed by atoms with E-state index in [-0.39, 0.29) is 133 Å². The SMILES string of the molecule is Cc1csc2c(OC(=O)N(C)CCN(C)C(=O)OCc3ccc(NC(=O)[C@H](CCCNC(N)=O)NC(=O)[C@@H](NC(=O)CCOCCOCCOCCOCCNC(=O)CCN4C(=O)C=CC4=O)C(C)C)cc3)cc3c(c12)[C@@H](CCl)CN3C(=O)c1cc2cc(OCCN3CCCC3)ccc2[nH]1. The molecule has 2 aromatic heterocycles. The van der Waals surface area contributed by atoms with Crippen molar-refractivity contribution < 1.29 is 81.1 Å². The first-order chi connectivity index (χ1) is 48.2. The zero-order valence-corrected chi connectivity index (χ0v) is 58.7. The summed E-state index contributed by atoms with van der Waals surface area (Å²) in [5, 5.41) is 17.2. The first kappa shape index (κ1) is 76.8. The number of H-pyrrole nitrogens is 1. The molecule has 11 amide bonds. The number of alkyl halides is 1. The molecule has 0 saturated carbocycles. The van der Waals surface area contributed by atoms with E-state index in [1.807, 2.05) is 36.6 Å². The predicted molar refractivity (Wildman–Crippen MR) is 375 cm³/mol. The van der Waals surface area contributed by atoms with Gasteiger partial charge in [-0.25, -0.2) is 14.4 Å². The molecule has 0 aliphatic carbocycles. The largest absolute Gasteiger partial charge is 0.492 e. The summed E-state index contributed by atoms with van der Waals surface area (Å²) in [4.78, 5) is 140. The monoisotopic (exact) mass is 1430 g/mol. The summed E-state index contributed by atoms with van der Waals surface area (Å²) < 4.78 is 40.5. The second kappa shape index (κ2) is 38.6. The molecule has 5 aromatic rings. The second-order valence-corrected chi connectivity index (χ2v) is 25.9. The number of imide groups is 1. The number of hydrogen-bond acceptors (Lipinski definition) is 19. The zero-order valence-electron chi connectivity index (χ0n) is 57.2. The van der Waals surface area contributed by atoms with Crippen LogP contribution in [-0.4, -0.2) is 235 Å². The number of ether oxygens (including phenoxy) is 7. The number of primary amides is 1. The van der Waals surface area contributed by atoms with Crippen molar-refractivity contribution in [3.63, 3.8) is 0 Å². The van der Waals surface area contributed by atoms with Gasteiger partial charge in [-0.2, -0.15) is 0 Å². The molecule has 31 heteroatoms. The van der Waals surface area contributed by atoms with E-state index in [0.717, 1.165) is 62.4 Å². The zero-order chi connectivity index (χ0) is 71.7. The van der Waals surface area contributed by atoms with Crippen LogP contribution in [0.5, 0.6) is 11.5 Å². The number of carbonyl (C=O) groups is 10. The number of aryl methyl sites for hydroxylation is 1. The molecule has 8 N–H and O–H groups in total. The summed E-state index contributed by atoms with van der Waals surface area (Å²) in [5.74, 6) is -2.33. The number of anilines is 2. The standard InChI is InChI=1S/C69H91ClN12O17S/c1-44(2)62(77-57(84)19-28-93-31-33-95-35-36-96-34-32-94-29-21-72-56(83)18-24-81-58(85)16-17-59(81)86)65(88)76-52(9-8-20-73-67(71)90)64(87)74-49-12-10-46(11-13-49)42-98-68(91)78(4)25-26-79(5)69(92)99-55-39-54-61(60-45(3)43-100-63(55)60)48(40-70)41-82(54)66(89)53-38-47-37-50(14-15-51(47)75-53)97-30-27-80-22-6-7-23-80/h10-17,37-39,43-44,48,52,62,75H,6-9,18-36,40-42H2,1-5H3,(H,72,83)(H,74,87)(H,76,88)(H,77,84)(H3,71,73,90)/t48-,52-,62-/m0/s1. The lowest BCUT2D eigenvalue weighted by molar-refractivity contribution is -0.137. The minimum atomic E-state index is -1.10. The molecule has 0 bridgehead atoms. The number of nitrogens with one attached hydrogen (secondary N) is 6. The summed E-state index contributed by atoms with van der Waals surface area (Å²) in [5.41, 5.74) is 9.89. The molecule has 5 heterocycles. The Morgan fingerprint density at radius 2 is 1.42 bits per heavy atom. The summed E-state index contributed by atoms with van der Waals surface area (Å²) in [7, 11) is 3.09. The van der Waals surface area contributed by atoms with E-state index in [1.54, 1.807) is 56.1 Å². The Balaban J connectivity index is 0.728. The van der Waals surface area contributed by atoms with Crippen LogP contribution >= 0.6 is 22.9 Å². The Labute approximate surface area is 589 Å². The number of hydrogen-bond donors (Lipinski definition) is 7. The normalized spacial score (nSPS) is 14.9. The molecule has 1 fully saturated rings. The van der Waals surface area contributed by atoms with Crippen LogP contribution in [0.3, 0.4) is 0 Å². The highest BCUT2D eigenvalue weighted by Gasteiger charge is 2.38. The van der Waals surface area contributed by atoms with Gasteiger partial charge >= 0.3 is 18.2 Å². The van der Waals surface area contributed by atoms with E-state index in [4.69, 9.17) is 50.5 Å². The summed E-state index contributed by atoms with van der Waals surface area (Å²) >= 11 is 8.05. The number of carbonyl (C=O) groups excluding carboxylic acids is 10. The van der Waals surface area contributed by atoms with Crippen molar-refractivity contribution in [2.24, 2.45) is 11.7 Å².